The number of nitro groups is 1. The molecule has 8 heteroatoms. The summed E-state index contributed by atoms with van der Waals surface area (Å²) in [5.74, 6) is -0.943. The van der Waals surface area contributed by atoms with Gasteiger partial charge in [-0.2, -0.15) is 18.4 Å². The van der Waals surface area contributed by atoms with E-state index in [-0.39, 0.29) is 6.07 Å². The van der Waals surface area contributed by atoms with Crippen LogP contribution in [0.1, 0.15) is 11.1 Å². The van der Waals surface area contributed by atoms with Gasteiger partial charge in [-0.3, -0.25) is 0 Å². The normalized spacial score (nSPS) is 10.8. The molecule has 0 bridgehead atoms. The Morgan fingerprint density at radius 3 is 2.53 bits per heavy atom. The van der Waals surface area contributed by atoms with E-state index in [9.17, 15) is 23.3 Å². The maximum Gasteiger partial charge on any atom is 0.418 e. The quantitative estimate of drug-likeness (QED) is 0.531. The number of alkyl halides is 3. The van der Waals surface area contributed by atoms with Crippen molar-refractivity contribution in [2.24, 2.45) is 0 Å². The fraction of sp³-hybridized carbons (Fsp3) is 0.143. The Morgan fingerprint density at radius 2 is 2.13 bits per heavy atom. The van der Waals surface area contributed by atoms with Crippen LogP contribution in [0.5, 0.6) is 0 Å². The monoisotopic (exact) mass is 217 g/mol. The third-order valence-corrected chi connectivity index (χ3v) is 1.50. The number of halogens is 3. The Morgan fingerprint density at radius 1 is 1.53 bits per heavy atom. The Balaban J connectivity index is 3.40. The number of nitriles is 1. The van der Waals surface area contributed by atoms with Crippen LogP contribution in [-0.4, -0.2) is 9.91 Å². The van der Waals surface area contributed by atoms with Crippen molar-refractivity contribution in [3.8, 4) is 6.07 Å². The van der Waals surface area contributed by atoms with E-state index in [1.165, 1.54) is 6.07 Å². The van der Waals surface area contributed by atoms with Crippen LogP contribution in [0, 0.1) is 21.4 Å². The van der Waals surface area contributed by atoms with Gasteiger partial charge in [0.25, 0.3) is 0 Å². The lowest BCUT2D eigenvalue weighted by Crippen LogP contribution is -2.09. The van der Waals surface area contributed by atoms with Gasteiger partial charge in [0.15, 0.2) is 6.20 Å². The van der Waals surface area contributed by atoms with Crippen LogP contribution in [0.15, 0.2) is 12.3 Å². The lowest BCUT2D eigenvalue weighted by atomic mass is 10.1. The molecule has 0 fully saturated rings. The minimum Gasteiger partial charge on any atom is -0.358 e. The summed E-state index contributed by atoms with van der Waals surface area (Å²) in [5.41, 5.74) is -2.10. The summed E-state index contributed by atoms with van der Waals surface area (Å²) >= 11 is 0. The van der Waals surface area contributed by atoms with Crippen LogP contribution < -0.4 is 0 Å². The fourth-order valence-corrected chi connectivity index (χ4v) is 0.868. The van der Waals surface area contributed by atoms with Crippen molar-refractivity contribution >= 4 is 5.82 Å². The average Bonchev–Trinajstić information content (AvgIpc) is 2.15. The topological polar surface area (TPSA) is 79.8 Å². The maximum atomic E-state index is 12.3. The number of rotatable bonds is 1. The highest BCUT2D eigenvalue weighted by Gasteiger charge is 2.36. The van der Waals surface area contributed by atoms with Crippen molar-refractivity contribution in [1.82, 2.24) is 4.98 Å². The summed E-state index contributed by atoms with van der Waals surface area (Å²) in [6.07, 6.45) is -4.28. The van der Waals surface area contributed by atoms with Gasteiger partial charge in [0, 0.05) is 6.07 Å². The van der Waals surface area contributed by atoms with Gasteiger partial charge in [0.2, 0.25) is 0 Å². The second-order valence-electron chi connectivity index (χ2n) is 2.45. The van der Waals surface area contributed by atoms with Crippen LogP contribution in [0.25, 0.3) is 0 Å². The van der Waals surface area contributed by atoms with E-state index >= 15 is 0 Å². The zero-order valence-electron chi connectivity index (χ0n) is 6.95. The maximum absolute atomic E-state index is 12.3. The molecule has 0 unspecified atom stereocenters. The Bertz CT molecular complexity index is 450. The largest absolute Gasteiger partial charge is 0.418 e. The summed E-state index contributed by atoms with van der Waals surface area (Å²) in [5, 5.41) is 18.5. The highest BCUT2D eigenvalue weighted by molar-refractivity contribution is 5.41. The molecule has 0 aromatic carbocycles. The first-order chi connectivity index (χ1) is 6.86. The molecule has 0 saturated heterocycles. The van der Waals surface area contributed by atoms with Gasteiger partial charge in [-0.25, -0.2) is 0 Å². The second kappa shape index (κ2) is 3.53. The predicted molar refractivity (Wildman–Crippen MR) is 40.6 cm³/mol. The smallest absolute Gasteiger partial charge is 0.358 e. The molecule has 5 nitrogen and oxygen atoms in total. The number of hydrogen-bond donors (Lipinski definition) is 0. The van der Waals surface area contributed by atoms with Crippen molar-refractivity contribution in [2.75, 3.05) is 0 Å². The van der Waals surface area contributed by atoms with Crippen molar-refractivity contribution in [3.05, 3.63) is 33.5 Å². The molecule has 78 valence electrons. The van der Waals surface area contributed by atoms with Crippen molar-refractivity contribution < 1.29 is 18.1 Å². The molecule has 1 rings (SSSR count). The Labute approximate surface area is 80.9 Å². The molecule has 1 heterocycles. The minimum absolute atomic E-state index is 0.235. The van der Waals surface area contributed by atoms with E-state index in [1.807, 2.05) is 0 Å². The highest BCUT2D eigenvalue weighted by Crippen LogP contribution is 2.32. The standard InChI is InChI=1S/C7H2F3N3O2/c8-7(9,10)5-1-6(13(14)15)12-3-4(5)2-11/h1,3H. The second-order valence-corrected chi connectivity index (χ2v) is 2.45. The molecule has 0 aliphatic rings. The molecule has 0 aliphatic carbocycles. The third kappa shape index (κ3) is 2.19. The number of nitrogens with zero attached hydrogens (tertiary/aromatic N) is 3. The molecule has 0 N–H and O–H groups in total. The first kappa shape index (κ1) is 10.9. The minimum atomic E-state index is -4.81. The van der Waals surface area contributed by atoms with Crippen LogP contribution >= 0.6 is 0 Å². The van der Waals surface area contributed by atoms with Gasteiger partial charge < -0.3 is 10.1 Å². The van der Waals surface area contributed by atoms with Crippen molar-refractivity contribution in [1.29, 1.82) is 5.26 Å². The van der Waals surface area contributed by atoms with Gasteiger partial charge in [-0.15, -0.1) is 0 Å². The molecule has 0 amide bonds. The molecule has 15 heavy (non-hydrogen) atoms. The lowest BCUT2D eigenvalue weighted by molar-refractivity contribution is -0.389. The van der Waals surface area contributed by atoms with Gasteiger partial charge in [-0.05, 0) is 9.91 Å². The molecule has 0 spiro atoms. The van der Waals surface area contributed by atoms with E-state index in [0.717, 1.165) is 0 Å². The van der Waals surface area contributed by atoms with E-state index in [1.54, 1.807) is 0 Å². The summed E-state index contributed by atoms with van der Waals surface area (Å²) in [6, 6.07) is 1.50. The van der Waals surface area contributed by atoms with Crippen LogP contribution in [-0.2, 0) is 6.18 Å². The molecule has 0 radical (unpaired) electrons. The fourth-order valence-electron chi connectivity index (χ4n) is 0.868. The Kier molecular flexibility index (Phi) is 2.57. The molecule has 0 aliphatic heterocycles. The van der Waals surface area contributed by atoms with E-state index in [0.29, 0.717) is 6.20 Å². The summed E-state index contributed by atoms with van der Waals surface area (Å²) in [6.45, 7) is 0. The highest BCUT2D eigenvalue weighted by atomic mass is 19.4. The van der Waals surface area contributed by atoms with Crippen LogP contribution in [0.4, 0.5) is 19.0 Å². The zero-order chi connectivity index (χ0) is 11.6. The molecular formula is C7H2F3N3O2. The van der Waals surface area contributed by atoms with Crippen molar-refractivity contribution in [3.63, 3.8) is 0 Å². The van der Waals surface area contributed by atoms with Crippen molar-refractivity contribution in [2.45, 2.75) is 6.18 Å². The number of hydrogen-bond acceptors (Lipinski definition) is 4. The van der Waals surface area contributed by atoms with Gasteiger partial charge in [-0.1, -0.05) is 0 Å². The summed E-state index contributed by atoms with van der Waals surface area (Å²) in [7, 11) is 0. The van der Waals surface area contributed by atoms with Crippen LogP contribution in [0.3, 0.4) is 0 Å². The van der Waals surface area contributed by atoms with Crippen LogP contribution in [0.2, 0.25) is 0 Å². The van der Waals surface area contributed by atoms with E-state index in [4.69, 9.17) is 5.26 Å². The first-order valence-electron chi connectivity index (χ1n) is 3.48. The van der Waals surface area contributed by atoms with E-state index in [2.05, 4.69) is 4.98 Å². The molecule has 1 aromatic rings. The average molecular weight is 217 g/mol. The molecule has 0 saturated carbocycles. The number of aromatic nitrogens is 1. The lowest BCUT2D eigenvalue weighted by Gasteiger charge is -2.06. The summed E-state index contributed by atoms with van der Waals surface area (Å²) in [4.78, 5) is 12.2. The van der Waals surface area contributed by atoms with Gasteiger partial charge in [0.05, 0.1) is 5.56 Å². The molecule has 1 aromatic heterocycles. The molecule has 0 atom stereocenters. The SMILES string of the molecule is N#Cc1cnc([N+](=O)[O-])cc1C(F)(F)F. The van der Waals surface area contributed by atoms with Gasteiger partial charge in [0.1, 0.15) is 11.6 Å². The van der Waals surface area contributed by atoms with Gasteiger partial charge >= 0.3 is 12.0 Å². The Hall–Kier alpha value is -2.17. The summed E-state index contributed by atoms with van der Waals surface area (Å²) < 4.78 is 36.8. The molecular weight excluding hydrogens is 215 g/mol. The third-order valence-electron chi connectivity index (χ3n) is 1.50. The first-order valence-corrected chi connectivity index (χ1v) is 3.48. The van der Waals surface area contributed by atoms with E-state index < -0.39 is 28.0 Å². The zero-order valence-corrected chi connectivity index (χ0v) is 6.95. The number of pyridine rings is 1. The predicted octanol–water partition coefficient (Wildman–Crippen LogP) is 1.88.